The van der Waals surface area contributed by atoms with Gasteiger partial charge in [-0.15, -0.1) is 0 Å². The van der Waals surface area contributed by atoms with Crippen LogP contribution in [0.5, 0.6) is 0 Å². The van der Waals surface area contributed by atoms with Gasteiger partial charge in [0, 0.05) is 23.0 Å². The van der Waals surface area contributed by atoms with Crippen LogP contribution in [0.25, 0.3) is 0 Å². The van der Waals surface area contributed by atoms with E-state index < -0.39 is 0 Å². The molecule has 0 atom stereocenters. The molecule has 1 aromatic heterocycles. The maximum absolute atomic E-state index is 5.75. The number of pyridine rings is 1. The number of hydrogen-bond donors (Lipinski definition) is 0. The Labute approximate surface area is 136 Å². The van der Waals surface area contributed by atoms with E-state index in [0.29, 0.717) is 6.61 Å². The van der Waals surface area contributed by atoms with Crippen LogP contribution in [-0.2, 0) is 11.3 Å². The van der Waals surface area contributed by atoms with Crippen LogP contribution in [0.1, 0.15) is 77.2 Å². The molecule has 1 aromatic rings. The largest absolute Gasteiger partial charge is 0.377 e. The molecule has 0 aliphatic heterocycles. The summed E-state index contributed by atoms with van der Waals surface area (Å²) in [5.74, 6) is 0. The first-order valence-corrected chi connectivity index (χ1v) is 9.08. The molecule has 1 heterocycles. The van der Waals surface area contributed by atoms with Crippen LogP contribution in [0, 0.1) is 0 Å². The van der Waals surface area contributed by atoms with Gasteiger partial charge in [0.1, 0.15) is 0 Å². The summed E-state index contributed by atoms with van der Waals surface area (Å²) in [5, 5.41) is 0. The first-order chi connectivity index (χ1) is 10.9. The second kappa shape index (κ2) is 13.6. The van der Waals surface area contributed by atoms with Crippen molar-refractivity contribution in [3.8, 4) is 0 Å². The zero-order chi connectivity index (χ0) is 15.9. The summed E-state index contributed by atoms with van der Waals surface area (Å²) < 4.78 is 7.22. The van der Waals surface area contributed by atoms with Crippen molar-refractivity contribution in [2.75, 3.05) is 13.2 Å². The first-order valence-electron chi connectivity index (χ1n) is 9.08. The maximum Gasteiger partial charge on any atom is 0.227 e. The highest BCUT2D eigenvalue weighted by atomic mass is 16.7. The molecule has 0 spiro atoms. The third-order valence-electron chi connectivity index (χ3n) is 3.80. The lowest BCUT2D eigenvalue weighted by Crippen LogP contribution is -2.42. The third kappa shape index (κ3) is 9.78. The summed E-state index contributed by atoms with van der Waals surface area (Å²) in [6.07, 6.45) is 16.0. The quantitative estimate of drug-likeness (QED) is 0.374. The summed E-state index contributed by atoms with van der Waals surface area (Å²) in [6.45, 7) is 6.47. The van der Waals surface area contributed by atoms with E-state index >= 15 is 0 Å². The minimum absolute atomic E-state index is 0.652. The molecule has 0 unspecified atom stereocenters. The lowest BCUT2D eigenvalue weighted by atomic mass is 10.1. The van der Waals surface area contributed by atoms with Gasteiger partial charge in [0.15, 0.2) is 6.61 Å². The van der Waals surface area contributed by atoms with Crippen molar-refractivity contribution in [1.82, 2.24) is 0 Å². The molecule has 0 radical (unpaired) electrons. The lowest BCUT2D eigenvalue weighted by molar-refractivity contribution is -0.891. The Morgan fingerprint density at radius 2 is 1.59 bits per heavy atom. The maximum atomic E-state index is 5.75. The molecule has 0 saturated heterocycles. The normalized spacial score (nSPS) is 10.8. The highest BCUT2D eigenvalue weighted by Crippen LogP contribution is 2.09. The molecule has 0 fully saturated rings. The summed E-state index contributed by atoms with van der Waals surface area (Å²) in [7, 11) is 0. The summed E-state index contributed by atoms with van der Waals surface area (Å²) >= 11 is 0. The summed E-state index contributed by atoms with van der Waals surface area (Å²) in [6, 6.07) is 4.07. The van der Waals surface area contributed by atoms with Crippen LogP contribution in [-0.4, -0.2) is 13.2 Å². The molecule has 0 bridgehead atoms. The standard InChI is InChI=1S/C19H34NO2/c1-3-5-6-7-8-9-10-11-12-16-22-20-15-13-14-19(17-20)18-21-4-2/h13-15,17H,3-12,16,18H2,1-2H3/q+1. The molecule has 0 aliphatic carbocycles. The number of unbranched alkanes of at least 4 members (excludes halogenated alkanes) is 8. The molecule has 126 valence electrons. The Hall–Kier alpha value is -1.09. The minimum atomic E-state index is 0.652. The number of rotatable bonds is 14. The second-order valence-electron chi connectivity index (χ2n) is 5.87. The monoisotopic (exact) mass is 308 g/mol. The highest BCUT2D eigenvalue weighted by molar-refractivity contribution is 5.03. The van der Waals surface area contributed by atoms with Crippen molar-refractivity contribution in [3.05, 3.63) is 30.1 Å². The smallest absolute Gasteiger partial charge is 0.227 e. The fourth-order valence-corrected chi connectivity index (χ4v) is 2.47. The van der Waals surface area contributed by atoms with Crippen molar-refractivity contribution in [2.45, 2.75) is 78.2 Å². The van der Waals surface area contributed by atoms with Gasteiger partial charge < -0.3 is 4.74 Å². The number of ether oxygens (including phenoxy) is 1. The zero-order valence-electron chi connectivity index (χ0n) is 14.6. The SMILES string of the molecule is CCCCCCCCCCCO[n+]1cccc(COCC)c1. The number of nitrogens with zero attached hydrogens (tertiary/aromatic N) is 1. The lowest BCUT2D eigenvalue weighted by Gasteiger charge is -2.02. The van der Waals surface area contributed by atoms with Crippen molar-refractivity contribution in [2.24, 2.45) is 0 Å². The van der Waals surface area contributed by atoms with E-state index in [9.17, 15) is 0 Å². The third-order valence-corrected chi connectivity index (χ3v) is 3.80. The Balaban J connectivity index is 2.00. The molecule has 3 heteroatoms. The van der Waals surface area contributed by atoms with Gasteiger partial charge in [-0.25, -0.2) is 0 Å². The molecular formula is C19H34NO2+. The summed E-state index contributed by atoms with van der Waals surface area (Å²) in [4.78, 5) is 5.75. The molecule has 3 nitrogen and oxygen atoms in total. The molecular weight excluding hydrogens is 274 g/mol. The Kier molecular flexibility index (Phi) is 11.7. The molecule has 0 N–H and O–H groups in total. The van der Waals surface area contributed by atoms with Crippen LogP contribution in [0.4, 0.5) is 0 Å². The van der Waals surface area contributed by atoms with Gasteiger partial charge in [0.25, 0.3) is 0 Å². The minimum Gasteiger partial charge on any atom is -0.377 e. The fourth-order valence-electron chi connectivity index (χ4n) is 2.47. The highest BCUT2D eigenvalue weighted by Gasteiger charge is 2.04. The Bertz CT molecular complexity index is 368. The molecule has 0 aliphatic rings. The molecule has 1 rings (SSSR count). The van der Waals surface area contributed by atoms with Crippen LogP contribution in [0.15, 0.2) is 24.5 Å². The van der Waals surface area contributed by atoms with E-state index in [4.69, 9.17) is 9.57 Å². The number of hydrogen-bond acceptors (Lipinski definition) is 2. The van der Waals surface area contributed by atoms with Gasteiger partial charge in [-0.3, -0.25) is 4.84 Å². The van der Waals surface area contributed by atoms with E-state index in [0.717, 1.165) is 25.2 Å². The van der Waals surface area contributed by atoms with E-state index in [1.807, 2.05) is 25.4 Å². The van der Waals surface area contributed by atoms with Crippen LogP contribution < -0.4 is 9.57 Å². The van der Waals surface area contributed by atoms with Crippen LogP contribution >= 0.6 is 0 Å². The van der Waals surface area contributed by atoms with Gasteiger partial charge in [0.05, 0.1) is 6.61 Å². The van der Waals surface area contributed by atoms with Gasteiger partial charge in [-0.05, 0) is 25.8 Å². The first kappa shape index (κ1) is 19.0. The average Bonchev–Trinajstić information content (AvgIpc) is 2.55. The van der Waals surface area contributed by atoms with Gasteiger partial charge in [0.2, 0.25) is 12.4 Å². The van der Waals surface area contributed by atoms with Gasteiger partial charge in [-0.1, -0.05) is 51.9 Å². The van der Waals surface area contributed by atoms with Crippen LogP contribution in [0.3, 0.4) is 0 Å². The Morgan fingerprint density at radius 1 is 0.909 bits per heavy atom. The van der Waals surface area contributed by atoms with Crippen molar-refractivity contribution in [3.63, 3.8) is 0 Å². The van der Waals surface area contributed by atoms with Crippen molar-refractivity contribution < 1.29 is 14.3 Å². The van der Waals surface area contributed by atoms with Gasteiger partial charge >= 0.3 is 0 Å². The second-order valence-corrected chi connectivity index (χ2v) is 5.87. The average molecular weight is 308 g/mol. The fraction of sp³-hybridized carbons (Fsp3) is 0.737. The van der Waals surface area contributed by atoms with E-state index in [2.05, 4.69) is 13.0 Å². The van der Waals surface area contributed by atoms with Crippen molar-refractivity contribution >= 4 is 0 Å². The van der Waals surface area contributed by atoms with E-state index in [-0.39, 0.29) is 0 Å². The van der Waals surface area contributed by atoms with Crippen molar-refractivity contribution in [1.29, 1.82) is 0 Å². The zero-order valence-corrected chi connectivity index (χ0v) is 14.6. The predicted molar refractivity (Wildman–Crippen MR) is 90.6 cm³/mol. The number of aromatic nitrogens is 1. The summed E-state index contributed by atoms with van der Waals surface area (Å²) in [5.41, 5.74) is 1.15. The topological polar surface area (TPSA) is 22.3 Å². The molecule has 0 saturated carbocycles. The van der Waals surface area contributed by atoms with Gasteiger partial charge in [-0.2, -0.15) is 0 Å². The predicted octanol–water partition coefficient (Wildman–Crippen LogP) is 4.47. The van der Waals surface area contributed by atoms with E-state index in [1.165, 1.54) is 51.4 Å². The van der Waals surface area contributed by atoms with E-state index in [1.54, 1.807) is 4.73 Å². The molecule has 22 heavy (non-hydrogen) atoms. The molecule has 0 amide bonds. The van der Waals surface area contributed by atoms with Crippen LogP contribution in [0.2, 0.25) is 0 Å². The Morgan fingerprint density at radius 3 is 2.27 bits per heavy atom. The molecule has 0 aromatic carbocycles.